The van der Waals surface area contributed by atoms with Crippen LogP contribution in [0.5, 0.6) is 0 Å². The Morgan fingerprint density at radius 1 is 1.20 bits per heavy atom. The van der Waals surface area contributed by atoms with Crippen LogP contribution in [0.4, 0.5) is 5.95 Å². The normalized spacial score (nSPS) is 20.8. The Morgan fingerprint density at radius 3 is 2.44 bits per heavy atom. The fourth-order valence-corrected chi connectivity index (χ4v) is 3.47. The van der Waals surface area contributed by atoms with Gasteiger partial charge in [-0.1, -0.05) is 19.3 Å². The highest BCUT2D eigenvalue weighted by atomic mass is 32.1. The molecule has 1 saturated heterocycles. The summed E-state index contributed by atoms with van der Waals surface area (Å²) in [6.07, 6.45) is 9.85. The standard InChI is InChI=1S/C17H21N5O2S/c1-21(2)16-18-9-11(10-19-16)8-13-14(23)20-17(25)22(15(13)24)12-6-4-3-5-7-12/h8-10,12H,3-7H2,1-2H3,(H,20,23,25)/b13-8-. The second kappa shape index (κ2) is 7.26. The maximum Gasteiger partial charge on any atom is 0.265 e. The first kappa shape index (κ1) is 17.5. The number of anilines is 1. The third kappa shape index (κ3) is 3.68. The molecule has 25 heavy (non-hydrogen) atoms. The summed E-state index contributed by atoms with van der Waals surface area (Å²) in [6, 6.07) is 0.0603. The quantitative estimate of drug-likeness (QED) is 0.501. The molecule has 3 rings (SSSR count). The smallest absolute Gasteiger partial charge is 0.265 e. The van der Waals surface area contributed by atoms with Gasteiger partial charge in [-0.25, -0.2) is 9.97 Å². The Bertz CT molecular complexity index is 723. The molecule has 7 nitrogen and oxygen atoms in total. The minimum absolute atomic E-state index is 0.0603. The number of hydrogen-bond donors (Lipinski definition) is 1. The van der Waals surface area contributed by atoms with Crippen LogP contribution in [-0.2, 0) is 9.59 Å². The van der Waals surface area contributed by atoms with Gasteiger partial charge < -0.3 is 4.90 Å². The Balaban J connectivity index is 1.87. The Kier molecular flexibility index (Phi) is 5.08. The molecule has 2 aliphatic rings. The molecule has 1 N–H and O–H groups in total. The van der Waals surface area contributed by atoms with Crippen molar-refractivity contribution in [3.63, 3.8) is 0 Å². The van der Waals surface area contributed by atoms with Crippen LogP contribution in [0.2, 0.25) is 0 Å². The molecule has 132 valence electrons. The van der Waals surface area contributed by atoms with Crippen molar-refractivity contribution in [3.8, 4) is 0 Å². The number of hydrogen-bond acceptors (Lipinski definition) is 6. The molecule has 1 aliphatic heterocycles. The molecule has 2 amide bonds. The molecule has 2 heterocycles. The molecule has 0 spiro atoms. The van der Waals surface area contributed by atoms with Gasteiger partial charge in [-0.05, 0) is 31.1 Å². The Morgan fingerprint density at radius 2 is 1.84 bits per heavy atom. The van der Waals surface area contributed by atoms with Gasteiger partial charge in [-0.2, -0.15) is 0 Å². The van der Waals surface area contributed by atoms with Gasteiger partial charge in [0.05, 0.1) is 0 Å². The van der Waals surface area contributed by atoms with E-state index in [0.717, 1.165) is 25.7 Å². The van der Waals surface area contributed by atoms with Gasteiger partial charge in [-0.15, -0.1) is 0 Å². The van der Waals surface area contributed by atoms with Gasteiger partial charge in [0.1, 0.15) is 5.57 Å². The van der Waals surface area contributed by atoms with E-state index in [1.54, 1.807) is 22.2 Å². The molecule has 2 fully saturated rings. The number of carbonyl (C=O) groups excluding carboxylic acids is 2. The van der Waals surface area contributed by atoms with Crippen molar-refractivity contribution in [2.24, 2.45) is 0 Å². The summed E-state index contributed by atoms with van der Waals surface area (Å²) >= 11 is 5.24. The molecular weight excluding hydrogens is 338 g/mol. The number of amides is 2. The third-order valence-corrected chi connectivity index (χ3v) is 4.74. The van der Waals surface area contributed by atoms with Crippen LogP contribution in [-0.4, -0.2) is 51.9 Å². The number of nitrogens with one attached hydrogen (secondary N) is 1. The average molecular weight is 359 g/mol. The first-order valence-corrected chi connectivity index (χ1v) is 8.78. The minimum atomic E-state index is -0.473. The van der Waals surface area contributed by atoms with Gasteiger partial charge in [0.2, 0.25) is 5.95 Å². The fourth-order valence-electron chi connectivity index (χ4n) is 3.15. The lowest BCUT2D eigenvalue weighted by Gasteiger charge is -2.37. The van der Waals surface area contributed by atoms with E-state index >= 15 is 0 Å². The van der Waals surface area contributed by atoms with Crippen molar-refractivity contribution in [2.75, 3.05) is 19.0 Å². The van der Waals surface area contributed by atoms with Gasteiger partial charge >= 0.3 is 0 Å². The SMILES string of the molecule is CN(C)c1ncc(/C=C2/C(=O)NC(=S)N(C3CCCCC3)C2=O)cn1. The minimum Gasteiger partial charge on any atom is -0.347 e. The van der Waals surface area contributed by atoms with E-state index in [4.69, 9.17) is 12.2 Å². The number of aromatic nitrogens is 2. The van der Waals surface area contributed by atoms with E-state index in [9.17, 15) is 9.59 Å². The van der Waals surface area contributed by atoms with Gasteiger partial charge in [0, 0.05) is 38.1 Å². The lowest BCUT2D eigenvalue weighted by atomic mass is 9.93. The molecule has 0 unspecified atom stereocenters. The number of nitrogens with zero attached hydrogens (tertiary/aromatic N) is 4. The molecule has 1 aromatic rings. The largest absolute Gasteiger partial charge is 0.347 e. The van der Waals surface area contributed by atoms with Crippen LogP contribution in [0.25, 0.3) is 6.08 Å². The molecule has 8 heteroatoms. The van der Waals surface area contributed by atoms with Crippen molar-refractivity contribution in [1.29, 1.82) is 0 Å². The first-order chi connectivity index (χ1) is 12.0. The Hall–Kier alpha value is -2.35. The van der Waals surface area contributed by atoms with Crippen LogP contribution in [0, 0.1) is 0 Å². The predicted octanol–water partition coefficient (Wildman–Crippen LogP) is 1.50. The molecular formula is C17H21N5O2S. The highest BCUT2D eigenvalue weighted by Crippen LogP contribution is 2.26. The second-order valence-electron chi connectivity index (χ2n) is 6.50. The van der Waals surface area contributed by atoms with Crippen molar-refractivity contribution in [2.45, 2.75) is 38.1 Å². The fraction of sp³-hybridized carbons (Fsp3) is 0.471. The second-order valence-corrected chi connectivity index (χ2v) is 6.88. The van der Waals surface area contributed by atoms with Gasteiger partial charge in [0.15, 0.2) is 5.11 Å². The Labute approximate surface area is 152 Å². The lowest BCUT2D eigenvalue weighted by molar-refractivity contribution is -0.130. The van der Waals surface area contributed by atoms with Crippen LogP contribution >= 0.6 is 12.2 Å². The topological polar surface area (TPSA) is 78.4 Å². The van der Waals surface area contributed by atoms with Crippen molar-refractivity contribution in [1.82, 2.24) is 20.2 Å². The first-order valence-electron chi connectivity index (χ1n) is 8.37. The molecule has 1 aromatic heterocycles. The van der Waals surface area contributed by atoms with Crippen molar-refractivity contribution < 1.29 is 9.59 Å². The van der Waals surface area contributed by atoms with Gasteiger partial charge in [0.25, 0.3) is 11.8 Å². The summed E-state index contributed by atoms with van der Waals surface area (Å²) in [4.78, 5) is 36.9. The van der Waals surface area contributed by atoms with E-state index in [-0.39, 0.29) is 22.6 Å². The highest BCUT2D eigenvalue weighted by Gasteiger charge is 2.37. The zero-order valence-electron chi connectivity index (χ0n) is 14.4. The maximum absolute atomic E-state index is 12.9. The molecule has 0 atom stereocenters. The lowest BCUT2D eigenvalue weighted by Crippen LogP contribution is -2.57. The van der Waals surface area contributed by atoms with Crippen LogP contribution in [0.3, 0.4) is 0 Å². The molecule has 0 radical (unpaired) electrons. The van der Waals surface area contributed by atoms with Crippen LogP contribution < -0.4 is 10.2 Å². The van der Waals surface area contributed by atoms with Crippen molar-refractivity contribution in [3.05, 3.63) is 23.5 Å². The summed E-state index contributed by atoms with van der Waals surface area (Å²) in [5.74, 6) is -0.248. The number of rotatable bonds is 3. The van der Waals surface area contributed by atoms with Gasteiger partial charge in [-0.3, -0.25) is 19.8 Å². The van der Waals surface area contributed by atoms with E-state index in [1.165, 1.54) is 12.5 Å². The summed E-state index contributed by atoms with van der Waals surface area (Å²) in [7, 11) is 3.68. The zero-order valence-corrected chi connectivity index (χ0v) is 15.2. The monoisotopic (exact) mass is 359 g/mol. The molecule has 0 aromatic carbocycles. The van der Waals surface area contributed by atoms with E-state index in [1.807, 2.05) is 14.1 Å². The third-order valence-electron chi connectivity index (χ3n) is 4.44. The predicted molar refractivity (Wildman–Crippen MR) is 98.8 cm³/mol. The number of carbonyl (C=O) groups is 2. The molecule has 1 aliphatic carbocycles. The van der Waals surface area contributed by atoms with E-state index in [2.05, 4.69) is 15.3 Å². The summed E-state index contributed by atoms with van der Waals surface area (Å²) in [5.41, 5.74) is 0.667. The maximum atomic E-state index is 12.9. The summed E-state index contributed by atoms with van der Waals surface area (Å²) in [6.45, 7) is 0. The highest BCUT2D eigenvalue weighted by molar-refractivity contribution is 7.80. The van der Waals surface area contributed by atoms with Crippen molar-refractivity contribution >= 4 is 41.2 Å². The zero-order chi connectivity index (χ0) is 18.0. The average Bonchev–Trinajstić information content (AvgIpc) is 2.60. The molecule has 1 saturated carbocycles. The number of thiocarbonyl (C=S) groups is 1. The van der Waals surface area contributed by atoms with Crippen LogP contribution in [0.15, 0.2) is 18.0 Å². The van der Waals surface area contributed by atoms with E-state index in [0.29, 0.717) is 11.5 Å². The van der Waals surface area contributed by atoms with E-state index < -0.39 is 5.91 Å². The summed E-state index contributed by atoms with van der Waals surface area (Å²) in [5, 5.41) is 2.84. The van der Waals surface area contributed by atoms with Crippen LogP contribution in [0.1, 0.15) is 37.7 Å². The summed E-state index contributed by atoms with van der Waals surface area (Å²) < 4.78 is 0. The molecule has 0 bridgehead atoms.